The van der Waals surface area contributed by atoms with E-state index in [4.69, 9.17) is 10.2 Å². The Morgan fingerprint density at radius 1 is 0.621 bits per heavy atom. The van der Waals surface area contributed by atoms with Crippen molar-refractivity contribution in [3.63, 3.8) is 0 Å². The largest absolute Gasteiger partial charge is 0.444 e. The Hall–Kier alpha value is -6.74. The summed E-state index contributed by atoms with van der Waals surface area (Å²) in [5, 5.41) is 5.97. The van der Waals surface area contributed by atoms with Crippen molar-refractivity contribution in [3.05, 3.63) is 180 Å². The van der Waals surface area contributed by atoms with Crippen LogP contribution in [0, 0.1) is 11.8 Å². The van der Waals surface area contributed by atoms with Gasteiger partial charge < -0.3 is 28.8 Å². The van der Waals surface area contributed by atoms with E-state index < -0.39 is 48.0 Å². The van der Waals surface area contributed by atoms with Gasteiger partial charge in [0.15, 0.2) is 25.5 Å². The molecule has 9 rings (SSSR count). The first-order valence-electron chi connectivity index (χ1n) is 29.9. The van der Waals surface area contributed by atoms with Crippen molar-refractivity contribution in [3.8, 4) is 0 Å². The highest BCUT2D eigenvalue weighted by atomic mass is 32.2. The molecule has 0 atom stereocenters. The van der Waals surface area contributed by atoms with Crippen molar-refractivity contribution in [2.75, 3.05) is 19.1 Å². The van der Waals surface area contributed by atoms with E-state index in [1.54, 1.807) is 26.8 Å². The van der Waals surface area contributed by atoms with Crippen molar-refractivity contribution < 1.29 is 40.4 Å². The fraction of sp³-hybridized carbons (Fsp3) is 0.386. The summed E-state index contributed by atoms with van der Waals surface area (Å²) in [6.07, 6.45) is 2.51. The molecule has 0 fully saturated rings. The van der Waals surface area contributed by atoms with Crippen molar-refractivity contribution in [2.45, 2.75) is 155 Å². The van der Waals surface area contributed by atoms with E-state index >= 15 is 0 Å². The average molecular weight is 1250 g/mol. The molecular weight excluding hydrogens is 1160 g/mol. The number of carbonyl (C=O) groups is 2. The molecule has 0 bridgehead atoms. The first-order chi connectivity index (χ1) is 40.5. The van der Waals surface area contributed by atoms with Crippen LogP contribution in [0.25, 0.3) is 21.8 Å². The van der Waals surface area contributed by atoms with Gasteiger partial charge in [0.25, 0.3) is 16.6 Å². The summed E-state index contributed by atoms with van der Waals surface area (Å²) in [4.78, 5) is 39.8. The van der Waals surface area contributed by atoms with Gasteiger partial charge in [0.2, 0.25) is 0 Å². The van der Waals surface area contributed by atoms with Crippen molar-refractivity contribution in [2.24, 2.45) is 22.6 Å². The van der Waals surface area contributed by atoms with Crippen molar-refractivity contribution >= 4 is 96.5 Å². The number of ether oxygens (including phenoxy) is 1. The van der Waals surface area contributed by atoms with Gasteiger partial charge in [0.05, 0.1) is 40.0 Å². The molecular formula is C70H92N4O9S2Si2. The van der Waals surface area contributed by atoms with Crippen molar-refractivity contribution in [1.82, 2.24) is 9.13 Å². The van der Waals surface area contributed by atoms with Crippen LogP contribution in [-0.2, 0) is 55.0 Å². The molecule has 1 amide bonds. The second kappa shape index (κ2) is 27.8. The van der Waals surface area contributed by atoms with Gasteiger partial charge in [-0.05, 0) is 118 Å². The number of rotatable bonds is 14. The number of sulfone groups is 2. The van der Waals surface area contributed by atoms with Crippen LogP contribution >= 0.6 is 0 Å². The van der Waals surface area contributed by atoms with Crippen LogP contribution < -0.4 is 26.5 Å². The van der Waals surface area contributed by atoms with Crippen LogP contribution in [-0.4, -0.2) is 89.6 Å². The number of nitrogens with zero attached hydrogens (tertiary/aromatic N) is 3. The standard InChI is InChI=1S/C32H39NO4SSi.C17H22N2O2S.C16H20OSi.C5H11NO2/c1-8-33-28-21-30(38(7,35)36)25(19-24(28)20-29(33)31(34)23(2)3)22-37-39(32(4,5)6,26-15-11-9-12-16-26)27-17-13-10-14-18-27;1-5-12-8-13-9-15-17(11(2)3)18-6-7-19(15)14(13)10-16(12)22(4,20)21;1-16(2,3)18(17,14-10-6-4-7-11-14)15-12-8-5-9-13-15;1-5(2,3)8-4(6)7/h9-21,23H,8,22H2,1-7H3;8-11H,5-7H2,1-4H3;4-13,17H,1-3H3;1-3H3,(H2,6,7). The molecule has 2 aromatic heterocycles. The van der Waals surface area contributed by atoms with Gasteiger partial charge in [-0.3, -0.25) is 9.79 Å². The van der Waals surface area contributed by atoms with Gasteiger partial charge in [-0.25, -0.2) is 21.6 Å². The Balaban J connectivity index is 0.000000211. The number of benzene rings is 6. The number of aliphatic imine (C=N–C) groups is 1. The van der Waals surface area contributed by atoms with E-state index in [-0.39, 0.29) is 33.3 Å². The molecule has 0 spiro atoms. The van der Waals surface area contributed by atoms with Crippen LogP contribution in [0.5, 0.6) is 0 Å². The highest BCUT2D eigenvalue weighted by molar-refractivity contribution is 7.91. The summed E-state index contributed by atoms with van der Waals surface area (Å²) >= 11 is 0. The second-order valence-corrected chi connectivity index (χ2v) is 38.4. The van der Waals surface area contributed by atoms with Gasteiger partial charge in [0, 0.05) is 53.3 Å². The first-order valence-corrected chi connectivity index (χ1v) is 37.5. The fourth-order valence-electron chi connectivity index (χ4n) is 11.5. The number of hydrogen-bond donors (Lipinski definition) is 2. The topological polar surface area (TPSA) is 189 Å². The second-order valence-electron chi connectivity index (χ2n) is 26.0. The summed E-state index contributed by atoms with van der Waals surface area (Å²) in [6, 6.07) is 52.3. The quantitative estimate of drug-likeness (QED) is 0.0788. The SMILES string of the molecule is CC(C)(C)OC(N)=O.CC(C)(C)[Si](O)(c1ccccc1)c1ccccc1.CCc1cc2cc3n(c2cc1S(C)(=O)=O)CCN=C3C(C)C.CCn1c(C(=O)C(C)C)cc2cc(CO[Si](c3ccccc3)(c3ccccc3)C(C)(C)C)c(S(C)(=O)=O)cc21. The van der Waals surface area contributed by atoms with E-state index in [2.05, 4.69) is 100 Å². The molecule has 17 heteroatoms. The zero-order valence-corrected chi connectivity index (χ0v) is 57.8. The van der Waals surface area contributed by atoms with Crippen LogP contribution in [0.3, 0.4) is 0 Å². The van der Waals surface area contributed by atoms with Crippen LogP contribution in [0.4, 0.5) is 4.79 Å². The Bertz CT molecular complexity index is 3860. The number of carbonyl (C=O) groups excluding carboxylic acids is 2. The molecule has 6 aromatic carbocycles. The third kappa shape index (κ3) is 15.9. The molecule has 466 valence electrons. The summed E-state index contributed by atoms with van der Waals surface area (Å²) in [5.41, 5.74) is 10.4. The number of hydrogen-bond acceptors (Lipinski definition) is 10. The zero-order chi connectivity index (χ0) is 64.7. The fourth-order valence-corrected chi connectivity index (χ4v) is 21.4. The number of nitrogens with two attached hydrogens (primary N) is 1. The summed E-state index contributed by atoms with van der Waals surface area (Å²) in [5.74, 6) is 0.245. The third-order valence-corrected chi connectivity index (χ3v) is 27.4. The maximum absolute atomic E-state index is 13.1. The molecule has 87 heavy (non-hydrogen) atoms. The molecule has 8 aromatic rings. The molecule has 3 heterocycles. The highest BCUT2D eigenvalue weighted by Crippen LogP contribution is 2.39. The lowest BCUT2D eigenvalue weighted by Crippen LogP contribution is -2.66. The predicted molar refractivity (Wildman–Crippen MR) is 363 cm³/mol. The minimum atomic E-state index is -3.57. The Labute approximate surface area is 520 Å². The predicted octanol–water partition coefficient (Wildman–Crippen LogP) is 12.5. The van der Waals surface area contributed by atoms with Crippen molar-refractivity contribution in [1.29, 1.82) is 0 Å². The molecule has 0 radical (unpaired) electrons. The van der Waals surface area contributed by atoms with E-state index in [9.17, 15) is 31.2 Å². The van der Waals surface area contributed by atoms with Gasteiger partial charge >= 0.3 is 6.09 Å². The molecule has 0 aliphatic carbocycles. The number of Topliss-reactive ketones (excluding diaryl/α,β-unsaturated/α-hetero) is 1. The van der Waals surface area contributed by atoms with E-state index in [0.717, 1.165) is 72.6 Å². The van der Waals surface area contributed by atoms with Gasteiger partial charge in [-0.15, -0.1) is 0 Å². The maximum atomic E-state index is 13.1. The number of aromatic nitrogens is 2. The van der Waals surface area contributed by atoms with Crippen LogP contribution in [0.15, 0.2) is 173 Å². The summed E-state index contributed by atoms with van der Waals surface area (Å²) in [7, 11) is -12.4. The first kappa shape index (κ1) is 69.4. The Morgan fingerprint density at radius 3 is 1.44 bits per heavy atom. The lowest BCUT2D eigenvalue weighted by Gasteiger charge is -2.43. The number of aryl methyl sites for hydroxylation is 2. The van der Waals surface area contributed by atoms with E-state index in [1.807, 2.05) is 154 Å². The number of amides is 1. The Morgan fingerprint density at radius 2 is 1.06 bits per heavy atom. The molecule has 1 aliphatic heterocycles. The lowest BCUT2D eigenvalue weighted by molar-refractivity contribution is 0.0599. The summed E-state index contributed by atoms with van der Waals surface area (Å²) in [6.45, 7) is 32.5. The van der Waals surface area contributed by atoms with E-state index in [0.29, 0.717) is 35.0 Å². The molecule has 0 saturated heterocycles. The third-order valence-electron chi connectivity index (χ3n) is 15.6. The monoisotopic (exact) mass is 1250 g/mol. The minimum Gasteiger partial charge on any atom is -0.444 e. The average Bonchev–Trinajstić information content (AvgIpc) is 1.61. The molecule has 1 aliphatic rings. The Kier molecular flexibility index (Phi) is 22.1. The van der Waals surface area contributed by atoms with Crippen LogP contribution in [0.2, 0.25) is 10.1 Å². The maximum Gasteiger partial charge on any atom is 0.405 e. The number of ketones is 1. The smallest absolute Gasteiger partial charge is 0.405 e. The normalized spacial score (nSPS) is 13.2. The minimum absolute atomic E-state index is 0.0408. The molecule has 13 nitrogen and oxygen atoms in total. The number of primary amides is 1. The van der Waals surface area contributed by atoms with Crippen LogP contribution in [0.1, 0.15) is 131 Å². The highest BCUT2D eigenvalue weighted by Gasteiger charge is 2.50. The van der Waals surface area contributed by atoms with Gasteiger partial charge in [0.1, 0.15) is 5.60 Å². The number of fused-ring (bicyclic) bond motifs is 4. The summed E-state index contributed by atoms with van der Waals surface area (Å²) < 4.78 is 66.1. The van der Waals surface area contributed by atoms with E-state index in [1.165, 1.54) is 12.5 Å². The molecule has 3 N–H and O–H groups in total. The van der Waals surface area contributed by atoms with Gasteiger partial charge in [-0.2, -0.15) is 0 Å². The molecule has 0 unspecified atom stereocenters. The zero-order valence-electron chi connectivity index (χ0n) is 54.2. The molecule has 0 saturated carbocycles. The van der Waals surface area contributed by atoms with Gasteiger partial charge in [-0.1, -0.05) is 197 Å². The lowest BCUT2D eigenvalue weighted by atomic mass is 10.0.